The number of aromatic nitrogens is 2. The minimum Gasteiger partial charge on any atom is -0.339 e. The Morgan fingerprint density at radius 1 is 1.17 bits per heavy atom. The van der Waals surface area contributed by atoms with Crippen molar-refractivity contribution in [1.29, 1.82) is 0 Å². The molecule has 1 aliphatic rings. The van der Waals surface area contributed by atoms with Gasteiger partial charge in [0.1, 0.15) is 0 Å². The van der Waals surface area contributed by atoms with Crippen molar-refractivity contribution >= 4 is 23.3 Å². The lowest BCUT2D eigenvalue weighted by atomic mass is 9.98. The zero-order valence-corrected chi connectivity index (χ0v) is 17.2. The van der Waals surface area contributed by atoms with E-state index in [1.54, 1.807) is 12.1 Å². The molecule has 1 N–H and O–H groups in total. The van der Waals surface area contributed by atoms with E-state index in [-0.39, 0.29) is 11.9 Å². The summed E-state index contributed by atoms with van der Waals surface area (Å²) >= 11 is 5.94. The van der Waals surface area contributed by atoms with Crippen LogP contribution in [0.5, 0.6) is 0 Å². The fourth-order valence-electron chi connectivity index (χ4n) is 3.68. The highest BCUT2D eigenvalue weighted by Gasteiger charge is 2.29. The molecule has 6 nitrogen and oxygen atoms in total. The van der Waals surface area contributed by atoms with Crippen molar-refractivity contribution in [3.63, 3.8) is 0 Å². The molecule has 3 aromatic rings. The van der Waals surface area contributed by atoms with Gasteiger partial charge >= 0.3 is 6.03 Å². The number of hydrogen-bond acceptors (Lipinski definition) is 4. The van der Waals surface area contributed by atoms with Crippen molar-refractivity contribution in [3.05, 3.63) is 64.5 Å². The largest absolute Gasteiger partial charge is 0.339 e. The van der Waals surface area contributed by atoms with Crippen LogP contribution < -0.4 is 5.32 Å². The van der Waals surface area contributed by atoms with Crippen LogP contribution >= 0.6 is 11.6 Å². The number of anilines is 1. The van der Waals surface area contributed by atoms with Gasteiger partial charge in [-0.25, -0.2) is 4.79 Å². The average Bonchev–Trinajstić information content (AvgIpc) is 3.22. The Balaban J connectivity index is 1.46. The first-order valence-electron chi connectivity index (χ1n) is 9.73. The van der Waals surface area contributed by atoms with Crippen LogP contribution in [0, 0.1) is 13.8 Å². The Morgan fingerprint density at radius 2 is 1.90 bits per heavy atom. The number of urea groups is 1. The third-order valence-electron chi connectivity index (χ3n) is 5.32. The highest BCUT2D eigenvalue weighted by atomic mass is 35.5. The van der Waals surface area contributed by atoms with E-state index >= 15 is 0 Å². The Bertz CT molecular complexity index is 996. The normalized spacial score (nSPS) is 16.7. The van der Waals surface area contributed by atoms with Crippen molar-refractivity contribution in [1.82, 2.24) is 15.0 Å². The molecule has 29 heavy (non-hydrogen) atoms. The van der Waals surface area contributed by atoms with Crippen LogP contribution in [0.25, 0.3) is 11.4 Å². The lowest BCUT2D eigenvalue weighted by Crippen LogP contribution is -2.41. The second kappa shape index (κ2) is 8.25. The van der Waals surface area contributed by atoms with Crippen LogP contribution in [0.1, 0.15) is 35.8 Å². The number of aryl methyl sites for hydroxylation is 2. The van der Waals surface area contributed by atoms with Crippen molar-refractivity contribution in [2.24, 2.45) is 0 Å². The first kappa shape index (κ1) is 19.5. The number of benzene rings is 2. The van der Waals surface area contributed by atoms with E-state index in [2.05, 4.69) is 15.5 Å². The van der Waals surface area contributed by atoms with Crippen LogP contribution in [0.15, 0.2) is 47.0 Å². The molecular formula is C22H23ClN4O2. The van der Waals surface area contributed by atoms with Gasteiger partial charge in [0.25, 0.3) is 0 Å². The lowest BCUT2D eigenvalue weighted by molar-refractivity contribution is 0.184. The molecule has 150 valence electrons. The summed E-state index contributed by atoms with van der Waals surface area (Å²) in [6, 6.07) is 13.2. The van der Waals surface area contributed by atoms with Crippen LogP contribution in [-0.4, -0.2) is 34.2 Å². The van der Waals surface area contributed by atoms with Gasteiger partial charge < -0.3 is 14.7 Å². The molecule has 1 fully saturated rings. The van der Waals surface area contributed by atoms with Gasteiger partial charge in [-0.15, -0.1) is 0 Å². The lowest BCUT2D eigenvalue weighted by Gasteiger charge is -2.31. The molecule has 0 aliphatic carbocycles. The number of halogens is 1. The minimum absolute atomic E-state index is 0.0287. The number of amides is 2. The van der Waals surface area contributed by atoms with Crippen molar-refractivity contribution in [2.75, 3.05) is 18.4 Å². The number of nitrogens with one attached hydrogen (secondary N) is 1. The maximum Gasteiger partial charge on any atom is 0.321 e. The number of likely N-dealkylation sites (tertiary alicyclic amines) is 1. The molecule has 1 saturated heterocycles. The number of carbonyl (C=O) groups excluding carboxylic acids is 1. The van der Waals surface area contributed by atoms with Gasteiger partial charge in [0.15, 0.2) is 0 Å². The maximum absolute atomic E-state index is 12.8. The van der Waals surface area contributed by atoms with Crippen LogP contribution in [-0.2, 0) is 0 Å². The SMILES string of the molecule is Cc1cccc(C)c1NC(=O)N1CCCC(c2nc(-c3ccc(Cl)cc3)no2)C1. The Labute approximate surface area is 174 Å². The number of carbonyl (C=O) groups is 1. The second-order valence-electron chi connectivity index (χ2n) is 7.45. The molecule has 1 aliphatic heterocycles. The summed E-state index contributed by atoms with van der Waals surface area (Å²) in [4.78, 5) is 19.2. The third kappa shape index (κ3) is 4.27. The summed E-state index contributed by atoms with van der Waals surface area (Å²) in [5.74, 6) is 1.13. The Morgan fingerprint density at radius 3 is 2.62 bits per heavy atom. The molecule has 7 heteroatoms. The van der Waals surface area contributed by atoms with E-state index in [0.717, 1.165) is 35.2 Å². The zero-order valence-electron chi connectivity index (χ0n) is 16.5. The minimum atomic E-state index is -0.0930. The molecule has 4 rings (SSSR count). The van der Waals surface area contributed by atoms with E-state index in [1.165, 1.54) is 0 Å². The first-order valence-corrected chi connectivity index (χ1v) is 10.1. The zero-order chi connectivity index (χ0) is 20.4. The van der Waals surface area contributed by atoms with Crippen molar-refractivity contribution in [3.8, 4) is 11.4 Å². The number of piperidine rings is 1. The van der Waals surface area contributed by atoms with Crippen molar-refractivity contribution in [2.45, 2.75) is 32.6 Å². The van der Waals surface area contributed by atoms with Gasteiger partial charge in [-0.1, -0.05) is 35.0 Å². The third-order valence-corrected chi connectivity index (χ3v) is 5.57. The predicted molar refractivity (Wildman–Crippen MR) is 113 cm³/mol. The van der Waals surface area contributed by atoms with E-state index in [0.29, 0.717) is 29.8 Å². The summed E-state index contributed by atoms with van der Waals surface area (Å²) in [5, 5.41) is 7.83. The van der Waals surface area contributed by atoms with Crippen LogP contribution in [0.4, 0.5) is 10.5 Å². The predicted octanol–water partition coefficient (Wildman–Crippen LogP) is 5.42. The van der Waals surface area contributed by atoms with E-state index in [9.17, 15) is 4.79 Å². The molecule has 0 bridgehead atoms. The van der Waals surface area contributed by atoms with Gasteiger partial charge in [-0.2, -0.15) is 4.98 Å². The molecule has 1 atom stereocenters. The molecule has 0 spiro atoms. The van der Waals surface area contributed by atoms with E-state index < -0.39 is 0 Å². The molecule has 2 amide bonds. The molecule has 0 radical (unpaired) electrons. The summed E-state index contributed by atoms with van der Waals surface area (Å²) < 4.78 is 5.52. The quantitative estimate of drug-likeness (QED) is 0.625. The van der Waals surface area contributed by atoms with E-state index in [4.69, 9.17) is 16.1 Å². The van der Waals surface area contributed by atoms with Gasteiger partial charge in [-0.3, -0.25) is 0 Å². The molecule has 2 aromatic carbocycles. The first-order chi connectivity index (χ1) is 14.0. The van der Waals surface area contributed by atoms with Gasteiger partial charge in [-0.05, 0) is 62.1 Å². The fraction of sp³-hybridized carbons (Fsp3) is 0.318. The van der Waals surface area contributed by atoms with E-state index in [1.807, 2.05) is 49.1 Å². The summed E-state index contributed by atoms with van der Waals surface area (Å²) in [6.07, 6.45) is 1.80. The molecule has 2 heterocycles. The van der Waals surface area contributed by atoms with Crippen LogP contribution in [0.2, 0.25) is 5.02 Å². The molecular weight excluding hydrogens is 388 g/mol. The van der Waals surface area contributed by atoms with Gasteiger partial charge in [0, 0.05) is 29.4 Å². The average molecular weight is 411 g/mol. The number of rotatable bonds is 3. The molecule has 0 saturated carbocycles. The summed E-state index contributed by atoms with van der Waals surface area (Å²) in [5.41, 5.74) is 3.83. The standard InChI is InChI=1S/C22H23ClN4O2/c1-14-5-3-6-15(2)19(14)24-22(28)27-12-4-7-17(13-27)21-25-20(26-29-21)16-8-10-18(23)11-9-16/h3,5-6,8-11,17H,4,7,12-13H2,1-2H3,(H,24,28). The van der Waals surface area contributed by atoms with Crippen molar-refractivity contribution < 1.29 is 9.32 Å². The number of hydrogen-bond donors (Lipinski definition) is 1. The highest BCUT2D eigenvalue weighted by Crippen LogP contribution is 2.29. The van der Waals surface area contributed by atoms with Gasteiger partial charge in [0.05, 0.1) is 5.92 Å². The second-order valence-corrected chi connectivity index (χ2v) is 7.88. The number of nitrogens with zero attached hydrogens (tertiary/aromatic N) is 3. The topological polar surface area (TPSA) is 71.3 Å². The van der Waals surface area contributed by atoms with Gasteiger partial charge in [0.2, 0.25) is 11.7 Å². The Hall–Kier alpha value is -2.86. The smallest absolute Gasteiger partial charge is 0.321 e. The molecule has 1 unspecified atom stereocenters. The Kier molecular flexibility index (Phi) is 5.53. The fourth-order valence-corrected chi connectivity index (χ4v) is 3.80. The summed E-state index contributed by atoms with van der Waals surface area (Å²) in [7, 11) is 0. The number of para-hydroxylation sites is 1. The highest BCUT2D eigenvalue weighted by molar-refractivity contribution is 6.30. The maximum atomic E-state index is 12.8. The monoisotopic (exact) mass is 410 g/mol. The molecule has 1 aromatic heterocycles. The van der Waals surface area contributed by atoms with Crippen LogP contribution in [0.3, 0.4) is 0 Å². The summed E-state index contributed by atoms with van der Waals surface area (Å²) in [6.45, 7) is 5.27.